The Morgan fingerprint density at radius 3 is 1.77 bits per heavy atom. The number of hydrogen-bond acceptors (Lipinski definition) is 5. The van der Waals surface area contributed by atoms with E-state index in [2.05, 4.69) is 0 Å². The molecule has 0 aliphatic carbocycles. The summed E-state index contributed by atoms with van der Waals surface area (Å²) in [6.07, 6.45) is 0. The van der Waals surface area contributed by atoms with E-state index in [0.29, 0.717) is 28.4 Å². The average Bonchev–Trinajstić information content (AvgIpc) is 2.64. The first kappa shape index (κ1) is 15.9. The van der Waals surface area contributed by atoms with Crippen molar-refractivity contribution in [3.8, 4) is 23.0 Å². The van der Waals surface area contributed by atoms with E-state index in [1.54, 1.807) is 7.11 Å². The predicted octanol–water partition coefficient (Wildman–Crippen LogP) is 2.85. The van der Waals surface area contributed by atoms with Crippen LogP contribution in [0.1, 0.15) is 11.1 Å². The molecule has 0 N–H and O–H groups in total. The number of aryl methyl sites for hydroxylation is 2. The third kappa shape index (κ3) is 2.22. The van der Waals surface area contributed by atoms with E-state index in [4.69, 9.17) is 18.9 Å². The summed E-state index contributed by atoms with van der Waals surface area (Å²) in [5.74, 6) is 1.59. The van der Waals surface area contributed by atoms with Gasteiger partial charge in [-0.2, -0.15) is 0 Å². The van der Waals surface area contributed by atoms with Gasteiger partial charge in [-0.3, -0.25) is 4.79 Å². The van der Waals surface area contributed by atoms with E-state index in [0.717, 1.165) is 16.5 Å². The topological polar surface area (TPSA) is 54.0 Å². The number of benzene rings is 1. The summed E-state index contributed by atoms with van der Waals surface area (Å²) >= 11 is 0. The van der Waals surface area contributed by atoms with Crippen LogP contribution in [0.3, 0.4) is 0 Å². The summed E-state index contributed by atoms with van der Waals surface area (Å²) in [5.41, 5.74) is 1.33. The molecule has 0 unspecified atom stereocenters. The maximum absolute atomic E-state index is 12.9. The third-order valence-electron chi connectivity index (χ3n) is 3.76. The molecule has 2 rings (SSSR count). The number of rotatable bonds is 4. The highest BCUT2D eigenvalue weighted by atomic mass is 16.5. The Hall–Kier alpha value is -2.43. The molecule has 2 aromatic rings. The van der Waals surface area contributed by atoms with Crippen LogP contribution in [-0.2, 0) is 0 Å². The van der Waals surface area contributed by atoms with Gasteiger partial charge in [0.1, 0.15) is 0 Å². The Balaban J connectivity index is 3.19. The monoisotopic (exact) mass is 304 g/mol. The van der Waals surface area contributed by atoms with E-state index in [1.165, 1.54) is 21.3 Å². The molecule has 0 bridgehead atoms. The Bertz CT molecular complexity index is 780. The molecule has 0 radical (unpaired) electrons. The second-order valence-corrected chi connectivity index (χ2v) is 4.89. The first-order valence-corrected chi connectivity index (χ1v) is 6.81. The smallest absolute Gasteiger partial charge is 0.232 e. The first-order chi connectivity index (χ1) is 10.5. The van der Waals surface area contributed by atoms with Gasteiger partial charge in [-0.15, -0.1) is 0 Å². The van der Waals surface area contributed by atoms with Crippen molar-refractivity contribution in [1.29, 1.82) is 0 Å². The second kappa shape index (κ2) is 6.13. The molecule has 0 aliphatic heterocycles. The van der Waals surface area contributed by atoms with Crippen molar-refractivity contribution in [2.75, 3.05) is 28.4 Å². The number of fused-ring (bicyclic) bond motifs is 1. The molecular formula is C17H20O5. The van der Waals surface area contributed by atoms with Crippen LogP contribution < -0.4 is 24.4 Å². The van der Waals surface area contributed by atoms with Crippen LogP contribution >= 0.6 is 0 Å². The highest BCUT2D eigenvalue weighted by molar-refractivity contribution is 5.96. The van der Waals surface area contributed by atoms with Crippen molar-refractivity contribution >= 4 is 10.8 Å². The summed E-state index contributed by atoms with van der Waals surface area (Å²) in [6.45, 7) is 3.71. The summed E-state index contributed by atoms with van der Waals surface area (Å²) in [6, 6.07) is 3.72. The molecule has 0 saturated carbocycles. The van der Waals surface area contributed by atoms with Gasteiger partial charge >= 0.3 is 0 Å². The SMILES string of the molecule is COc1c(OC)c(OC)c2c(=O)c(OC)c(C)ccc2c1C. The van der Waals surface area contributed by atoms with Crippen LogP contribution in [0.5, 0.6) is 23.0 Å². The fourth-order valence-corrected chi connectivity index (χ4v) is 2.71. The number of methoxy groups -OCH3 is 4. The fourth-order valence-electron chi connectivity index (χ4n) is 2.71. The van der Waals surface area contributed by atoms with Gasteiger partial charge in [0, 0.05) is 5.56 Å². The minimum atomic E-state index is -0.235. The minimum Gasteiger partial charge on any atom is -0.492 e. The van der Waals surface area contributed by atoms with Crippen LogP contribution in [0.25, 0.3) is 10.8 Å². The lowest BCUT2D eigenvalue weighted by molar-refractivity contribution is 0.325. The highest BCUT2D eigenvalue weighted by Crippen LogP contribution is 2.45. The lowest BCUT2D eigenvalue weighted by Gasteiger charge is -2.16. The first-order valence-electron chi connectivity index (χ1n) is 6.81. The van der Waals surface area contributed by atoms with Gasteiger partial charge in [-0.25, -0.2) is 0 Å². The van der Waals surface area contributed by atoms with E-state index in [-0.39, 0.29) is 5.43 Å². The van der Waals surface area contributed by atoms with Gasteiger partial charge in [-0.05, 0) is 24.8 Å². The van der Waals surface area contributed by atoms with Crippen molar-refractivity contribution in [3.05, 3.63) is 33.5 Å². The van der Waals surface area contributed by atoms with Crippen LogP contribution in [0, 0.1) is 13.8 Å². The number of hydrogen-bond donors (Lipinski definition) is 0. The minimum absolute atomic E-state index is 0.235. The number of ether oxygens (including phenoxy) is 4. The van der Waals surface area contributed by atoms with Gasteiger partial charge in [-0.1, -0.05) is 12.1 Å². The zero-order valence-corrected chi connectivity index (χ0v) is 13.7. The Kier molecular flexibility index (Phi) is 4.45. The van der Waals surface area contributed by atoms with Crippen molar-refractivity contribution in [2.24, 2.45) is 0 Å². The van der Waals surface area contributed by atoms with Gasteiger partial charge in [0.2, 0.25) is 11.2 Å². The van der Waals surface area contributed by atoms with Crippen LogP contribution in [0.15, 0.2) is 16.9 Å². The molecule has 0 aromatic heterocycles. The molecule has 0 amide bonds. The maximum atomic E-state index is 12.9. The molecule has 0 spiro atoms. The van der Waals surface area contributed by atoms with Crippen LogP contribution in [0.2, 0.25) is 0 Å². The standard InChI is InChI=1S/C17H20O5/c1-9-7-8-11-10(2)15(20-4)17(22-6)16(21-5)12(11)13(18)14(9)19-3/h7-8H,1-6H3. The van der Waals surface area contributed by atoms with Gasteiger partial charge in [0.05, 0.1) is 33.8 Å². The van der Waals surface area contributed by atoms with Gasteiger partial charge in [0.15, 0.2) is 17.2 Å². The molecular weight excluding hydrogens is 284 g/mol. The quantitative estimate of drug-likeness (QED) is 0.869. The van der Waals surface area contributed by atoms with Crippen molar-refractivity contribution in [3.63, 3.8) is 0 Å². The average molecular weight is 304 g/mol. The van der Waals surface area contributed by atoms with E-state index in [1.807, 2.05) is 26.0 Å². The summed E-state index contributed by atoms with van der Waals surface area (Å²) in [5, 5.41) is 1.16. The summed E-state index contributed by atoms with van der Waals surface area (Å²) in [4.78, 5) is 12.9. The van der Waals surface area contributed by atoms with Gasteiger partial charge < -0.3 is 18.9 Å². The Morgan fingerprint density at radius 1 is 0.727 bits per heavy atom. The third-order valence-corrected chi connectivity index (χ3v) is 3.76. The molecule has 118 valence electrons. The van der Waals surface area contributed by atoms with E-state index < -0.39 is 0 Å². The van der Waals surface area contributed by atoms with E-state index >= 15 is 0 Å². The van der Waals surface area contributed by atoms with Crippen LogP contribution in [0.4, 0.5) is 0 Å². The molecule has 0 fully saturated rings. The normalized spacial score (nSPS) is 10.5. The molecule has 5 heteroatoms. The molecule has 2 aromatic carbocycles. The highest BCUT2D eigenvalue weighted by Gasteiger charge is 2.22. The molecule has 22 heavy (non-hydrogen) atoms. The molecule has 0 aliphatic rings. The molecule has 0 heterocycles. The van der Waals surface area contributed by atoms with Gasteiger partial charge in [0.25, 0.3) is 0 Å². The second-order valence-electron chi connectivity index (χ2n) is 4.89. The molecule has 5 nitrogen and oxygen atoms in total. The Morgan fingerprint density at radius 2 is 1.27 bits per heavy atom. The van der Waals surface area contributed by atoms with Crippen molar-refractivity contribution in [2.45, 2.75) is 13.8 Å². The lowest BCUT2D eigenvalue weighted by atomic mass is 10.0. The van der Waals surface area contributed by atoms with E-state index in [9.17, 15) is 4.79 Å². The Labute approximate surface area is 129 Å². The zero-order valence-electron chi connectivity index (χ0n) is 13.7. The zero-order chi connectivity index (χ0) is 16.4. The summed E-state index contributed by atoms with van der Waals surface area (Å²) < 4.78 is 21.6. The van der Waals surface area contributed by atoms with Crippen LogP contribution in [-0.4, -0.2) is 28.4 Å². The predicted molar refractivity (Wildman–Crippen MR) is 85.9 cm³/mol. The van der Waals surface area contributed by atoms with Crippen molar-refractivity contribution in [1.82, 2.24) is 0 Å². The molecule has 0 saturated heterocycles. The fraction of sp³-hybridized carbons (Fsp3) is 0.353. The molecule has 0 atom stereocenters. The summed E-state index contributed by atoms with van der Waals surface area (Å²) in [7, 11) is 6.05. The van der Waals surface area contributed by atoms with Crippen molar-refractivity contribution < 1.29 is 18.9 Å². The largest absolute Gasteiger partial charge is 0.492 e. The lowest BCUT2D eigenvalue weighted by Crippen LogP contribution is -2.07. The maximum Gasteiger partial charge on any atom is 0.232 e.